The Morgan fingerprint density at radius 1 is 1.16 bits per heavy atom. The Kier molecular flexibility index (Phi) is 6.32. The van der Waals surface area contributed by atoms with E-state index in [9.17, 15) is 4.79 Å². The third-order valence-electron chi connectivity index (χ3n) is 5.45. The predicted molar refractivity (Wildman–Crippen MR) is 99.1 cm³/mol. The molecule has 2 fully saturated rings. The second-order valence-electron chi connectivity index (χ2n) is 7.74. The molecule has 0 bridgehead atoms. The molecular weight excluding hydrogens is 314 g/mol. The molecule has 5 heteroatoms. The van der Waals surface area contributed by atoms with Crippen LogP contribution in [0.1, 0.15) is 37.3 Å². The van der Waals surface area contributed by atoms with Crippen LogP contribution in [0.2, 0.25) is 0 Å². The van der Waals surface area contributed by atoms with Gasteiger partial charge in [0.2, 0.25) is 0 Å². The maximum absolute atomic E-state index is 12.2. The molecule has 2 atom stereocenters. The van der Waals surface area contributed by atoms with Gasteiger partial charge in [-0.2, -0.15) is 0 Å². The lowest BCUT2D eigenvalue weighted by Crippen LogP contribution is -2.38. The van der Waals surface area contributed by atoms with Crippen LogP contribution in [-0.4, -0.2) is 53.7 Å². The van der Waals surface area contributed by atoms with Crippen molar-refractivity contribution in [1.82, 2.24) is 15.1 Å². The summed E-state index contributed by atoms with van der Waals surface area (Å²) in [4.78, 5) is 16.5. The van der Waals surface area contributed by atoms with Crippen LogP contribution in [0.4, 0.5) is 4.79 Å². The first-order chi connectivity index (χ1) is 12.1. The molecule has 2 aliphatic heterocycles. The highest BCUT2D eigenvalue weighted by atomic mass is 16.3. The van der Waals surface area contributed by atoms with Gasteiger partial charge in [0.15, 0.2) is 0 Å². The standard InChI is InChI=1S/C20H31N3O2/c1-16-3-2-9-22(12-16)13-18-6-4-17(5-7-18)11-21-20(25)23-10-8-19(14-23)15-24/h4-7,16,19,24H,2-3,8-15H2,1H3,(H,21,25). The van der Waals surface area contributed by atoms with Crippen molar-refractivity contribution in [3.05, 3.63) is 35.4 Å². The van der Waals surface area contributed by atoms with E-state index in [0.717, 1.165) is 31.0 Å². The molecule has 3 rings (SSSR count). The maximum Gasteiger partial charge on any atom is 0.317 e. The molecule has 2 saturated heterocycles. The summed E-state index contributed by atoms with van der Waals surface area (Å²) in [7, 11) is 0. The van der Waals surface area contributed by atoms with Crippen LogP contribution in [0, 0.1) is 11.8 Å². The quantitative estimate of drug-likeness (QED) is 0.862. The highest BCUT2D eigenvalue weighted by molar-refractivity contribution is 5.74. The number of carbonyl (C=O) groups is 1. The molecule has 0 aromatic heterocycles. The number of hydrogen-bond acceptors (Lipinski definition) is 3. The number of benzene rings is 1. The minimum Gasteiger partial charge on any atom is -0.396 e. The van der Waals surface area contributed by atoms with Crippen LogP contribution in [0.25, 0.3) is 0 Å². The summed E-state index contributed by atoms with van der Waals surface area (Å²) >= 11 is 0. The van der Waals surface area contributed by atoms with Crippen molar-refractivity contribution < 1.29 is 9.90 Å². The fraction of sp³-hybridized carbons (Fsp3) is 0.650. The Labute approximate surface area is 151 Å². The van der Waals surface area contributed by atoms with E-state index >= 15 is 0 Å². The summed E-state index contributed by atoms with van der Waals surface area (Å²) in [6.07, 6.45) is 3.55. The molecule has 25 heavy (non-hydrogen) atoms. The molecule has 2 amide bonds. The molecule has 1 aromatic rings. The second-order valence-corrected chi connectivity index (χ2v) is 7.74. The topological polar surface area (TPSA) is 55.8 Å². The summed E-state index contributed by atoms with van der Waals surface area (Å²) in [5.74, 6) is 1.04. The van der Waals surface area contributed by atoms with Crippen molar-refractivity contribution >= 4 is 6.03 Å². The van der Waals surface area contributed by atoms with Gasteiger partial charge in [0.05, 0.1) is 0 Å². The van der Waals surface area contributed by atoms with E-state index in [2.05, 4.69) is 41.4 Å². The lowest BCUT2D eigenvalue weighted by atomic mass is 9.99. The molecule has 1 aromatic carbocycles. The zero-order valence-corrected chi connectivity index (χ0v) is 15.3. The number of nitrogens with one attached hydrogen (secondary N) is 1. The number of nitrogens with zero attached hydrogens (tertiary/aromatic N) is 2. The van der Waals surface area contributed by atoms with Crippen molar-refractivity contribution in [2.45, 2.75) is 39.3 Å². The Bertz CT molecular complexity index is 561. The van der Waals surface area contributed by atoms with Crippen LogP contribution in [0.5, 0.6) is 0 Å². The molecule has 2 unspecified atom stereocenters. The van der Waals surface area contributed by atoms with E-state index in [0.29, 0.717) is 13.1 Å². The highest BCUT2D eigenvalue weighted by Gasteiger charge is 2.25. The monoisotopic (exact) mass is 345 g/mol. The van der Waals surface area contributed by atoms with Crippen LogP contribution in [-0.2, 0) is 13.1 Å². The van der Waals surface area contributed by atoms with Crippen LogP contribution >= 0.6 is 0 Å². The number of likely N-dealkylation sites (tertiary alicyclic amines) is 2. The van der Waals surface area contributed by atoms with E-state index in [1.165, 1.54) is 31.5 Å². The normalized spacial score (nSPS) is 24.5. The minimum absolute atomic E-state index is 0.0256. The van der Waals surface area contributed by atoms with Gasteiger partial charge in [-0.15, -0.1) is 0 Å². The van der Waals surface area contributed by atoms with Crippen molar-refractivity contribution in [2.24, 2.45) is 11.8 Å². The average molecular weight is 345 g/mol. The summed E-state index contributed by atoms with van der Waals surface area (Å²) in [5, 5.41) is 12.2. The molecule has 0 spiro atoms. The molecule has 138 valence electrons. The van der Waals surface area contributed by atoms with Gasteiger partial charge >= 0.3 is 6.03 Å². The number of urea groups is 1. The first-order valence-electron chi connectivity index (χ1n) is 9.58. The number of aliphatic hydroxyl groups is 1. The van der Waals surface area contributed by atoms with Gasteiger partial charge in [-0.1, -0.05) is 31.2 Å². The molecule has 2 N–H and O–H groups in total. The molecule has 0 saturated carbocycles. The molecule has 0 aliphatic carbocycles. The molecule has 2 heterocycles. The summed E-state index contributed by atoms with van der Waals surface area (Å²) < 4.78 is 0. The lowest BCUT2D eigenvalue weighted by Gasteiger charge is -2.30. The smallest absolute Gasteiger partial charge is 0.317 e. The van der Waals surface area contributed by atoms with E-state index < -0.39 is 0 Å². The fourth-order valence-electron chi connectivity index (χ4n) is 3.91. The van der Waals surface area contributed by atoms with Crippen molar-refractivity contribution in [2.75, 3.05) is 32.8 Å². The highest BCUT2D eigenvalue weighted by Crippen LogP contribution is 2.18. The number of piperidine rings is 1. The van der Waals surface area contributed by atoms with E-state index in [-0.39, 0.29) is 18.6 Å². The Hall–Kier alpha value is -1.59. The maximum atomic E-state index is 12.2. The number of carbonyl (C=O) groups excluding carboxylic acids is 1. The second kappa shape index (κ2) is 8.68. The van der Waals surface area contributed by atoms with E-state index in [4.69, 9.17) is 5.11 Å². The number of aliphatic hydroxyl groups excluding tert-OH is 1. The van der Waals surface area contributed by atoms with Crippen LogP contribution in [0.3, 0.4) is 0 Å². The largest absolute Gasteiger partial charge is 0.396 e. The van der Waals surface area contributed by atoms with Gasteiger partial charge in [0, 0.05) is 45.2 Å². The fourth-order valence-corrected chi connectivity index (χ4v) is 3.91. The number of rotatable bonds is 5. The number of amides is 2. The Balaban J connectivity index is 1.44. The third-order valence-corrected chi connectivity index (χ3v) is 5.45. The minimum atomic E-state index is -0.0256. The lowest BCUT2D eigenvalue weighted by molar-refractivity contribution is 0.176. The van der Waals surface area contributed by atoms with Gasteiger partial charge < -0.3 is 15.3 Å². The zero-order valence-electron chi connectivity index (χ0n) is 15.3. The third kappa shape index (κ3) is 5.19. The van der Waals surface area contributed by atoms with Crippen molar-refractivity contribution in [3.8, 4) is 0 Å². The molecular formula is C20H31N3O2. The summed E-state index contributed by atoms with van der Waals surface area (Å²) in [6, 6.07) is 8.56. The molecule has 0 radical (unpaired) electrons. The van der Waals surface area contributed by atoms with Gasteiger partial charge in [0.1, 0.15) is 0 Å². The first kappa shape index (κ1) is 18.2. The van der Waals surface area contributed by atoms with Crippen LogP contribution < -0.4 is 5.32 Å². The molecule has 2 aliphatic rings. The SMILES string of the molecule is CC1CCCN(Cc2ccc(CNC(=O)N3CCC(CO)C3)cc2)C1. The number of hydrogen-bond donors (Lipinski definition) is 2. The predicted octanol–water partition coefficient (Wildman–Crippen LogP) is 2.44. The Morgan fingerprint density at radius 2 is 1.92 bits per heavy atom. The van der Waals surface area contributed by atoms with Gasteiger partial charge in [-0.3, -0.25) is 4.90 Å². The van der Waals surface area contributed by atoms with Crippen LogP contribution in [0.15, 0.2) is 24.3 Å². The van der Waals surface area contributed by atoms with E-state index in [1.54, 1.807) is 4.90 Å². The average Bonchev–Trinajstić information content (AvgIpc) is 3.10. The first-order valence-corrected chi connectivity index (χ1v) is 9.58. The zero-order chi connectivity index (χ0) is 17.6. The van der Waals surface area contributed by atoms with Crippen molar-refractivity contribution in [1.29, 1.82) is 0 Å². The van der Waals surface area contributed by atoms with Crippen molar-refractivity contribution in [3.63, 3.8) is 0 Å². The summed E-state index contributed by atoms with van der Waals surface area (Å²) in [6.45, 7) is 7.88. The van der Waals surface area contributed by atoms with Gasteiger partial charge in [0.25, 0.3) is 0 Å². The Morgan fingerprint density at radius 3 is 2.60 bits per heavy atom. The van der Waals surface area contributed by atoms with Gasteiger partial charge in [-0.25, -0.2) is 4.79 Å². The molecule has 5 nitrogen and oxygen atoms in total. The van der Waals surface area contributed by atoms with Gasteiger partial charge in [-0.05, 0) is 42.9 Å². The summed E-state index contributed by atoms with van der Waals surface area (Å²) in [5.41, 5.74) is 2.47. The van der Waals surface area contributed by atoms with E-state index in [1.807, 2.05) is 0 Å².